The van der Waals surface area contributed by atoms with Crippen molar-refractivity contribution in [1.29, 1.82) is 0 Å². The molecule has 2 aliphatic carbocycles. The molecule has 0 amide bonds. The Kier molecular flexibility index (Phi) is 4.87. The lowest BCUT2D eigenvalue weighted by molar-refractivity contribution is -0.144. The molecular weight excluding hydrogens is 545 g/mol. The molecule has 32 heavy (non-hydrogen) atoms. The number of aliphatic carboxylic acids is 1. The predicted molar refractivity (Wildman–Crippen MR) is 123 cm³/mol. The number of benzene rings is 2. The molecule has 5 rings (SSSR count). The van der Waals surface area contributed by atoms with Crippen LogP contribution in [0.5, 0.6) is 23.0 Å². The third-order valence-corrected chi connectivity index (χ3v) is 10.8. The Morgan fingerprint density at radius 1 is 0.844 bits per heavy atom. The number of rotatable bonds is 2. The van der Waals surface area contributed by atoms with Gasteiger partial charge in [-0.3, -0.25) is 4.79 Å². The van der Waals surface area contributed by atoms with Gasteiger partial charge in [-0.1, -0.05) is 58.5 Å². The second kappa shape index (κ2) is 6.91. The van der Waals surface area contributed by atoms with E-state index in [4.69, 9.17) is 74.3 Å². The summed E-state index contributed by atoms with van der Waals surface area (Å²) >= 11 is 40.1. The predicted octanol–water partition coefficient (Wildman–Crippen LogP) is 6.50. The van der Waals surface area contributed by atoms with E-state index in [0.29, 0.717) is 11.1 Å². The van der Waals surface area contributed by atoms with Crippen molar-refractivity contribution >= 4 is 75.6 Å². The molecule has 2 bridgehead atoms. The average Bonchev–Trinajstić information content (AvgIpc) is 2.92. The molecule has 0 saturated heterocycles. The second-order valence-electron chi connectivity index (χ2n) is 7.99. The summed E-state index contributed by atoms with van der Waals surface area (Å²) in [4.78, 5) is 8.70. The number of phenolic OH excluding ortho intramolecular Hbond substituents is 2. The molecule has 4 atom stereocenters. The summed E-state index contributed by atoms with van der Waals surface area (Å²) in [5, 5.41) is 29.9. The van der Waals surface area contributed by atoms with Crippen molar-refractivity contribution in [2.75, 3.05) is 0 Å². The van der Waals surface area contributed by atoms with Crippen LogP contribution in [0.4, 0.5) is 0 Å². The van der Waals surface area contributed by atoms with Gasteiger partial charge in [-0.15, -0.1) is 23.2 Å². The number of alkyl halides is 4. The largest absolute Gasteiger partial charge is 0.508 e. The van der Waals surface area contributed by atoms with Gasteiger partial charge in [0.2, 0.25) is 0 Å². The maximum absolute atomic E-state index is 12.6. The van der Waals surface area contributed by atoms with Gasteiger partial charge < -0.3 is 20.1 Å². The van der Waals surface area contributed by atoms with E-state index >= 15 is 0 Å². The maximum Gasteiger partial charge on any atom is 0.309 e. The molecule has 0 spiro atoms. The van der Waals surface area contributed by atoms with Crippen LogP contribution in [0, 0.1) is 11.8 Å². The summed E-state index contributed by atoms with van der Waals surface area (Å²) in [6.07, 6.45) is 0. The van der Waals surface area contributed by atoms with Crippen molar-refractivity contribution in [3.05, 3.63) is 57.6 Å². The first-order valence-corrected chi connectivity index (χ1v) is 11.5. The first-order chi connectivity index (χ1) is 14.9. The van der Waals surface area contributed by atoms with Crippen LogP contribution in [0.15, 0.2) is 46.5 Å². The number of carboxylic acid groups (broad SMARTS) is 1. The van der Waals surface area contributed by atoms with E-state index < -0.39 is 37.8 Å². The van der Waals surface area contributed by atoms with Crippen molar-refractivity contribution in [2.45, 2.75) is 20.0 Å². The minimum atomic E-state index is -2.07. The molecule has 0 aromatic heterocycles. The van der Waals surface area contributed by atoms with E-state index in [1.54, 1.807) is 12.1 Å². The Morgan fingerprint density at radius 3 is 1.78 bits per heavy atom. The highest BCUT2D eigenvalue weighted by Crippen LogP contribution is 2.79. The summed E-state index contributed by atoms with van der Waals surface area (Å²) in [6, 6.07) is 8.77. The zero-order valence-electron chi connectivity index (χ0n) is 15.6. The lowest BCUT2D eigenvalue weighted by Gasteiger charge is -2.42. The highest BCUT2D eigenvalue weighted by atomic mass is 35.5. The van der Waals surface area contributed by atoms with Gasteiger partial charge in [0.1, 0.15) is 32.7 Å². The number of hydrogen-bond acceptors (Lipinski definition) is 4. The molecule has 0 radical (unpaired) electrons. The Morgan fingerprint density at radius 2 is 1.31 bits per heavy atom. The molecule has 3 aliphatic rings. The van der Waals surface area contributed by atoms with E-state index in [-0.39, 0.29) is 33.1 Å². The molecule has 1 aliphatic heterocycles. The highest BCUT2D eigenvalue weighted by Gasteiger charge is 2.85. The standard InChI is InChI=1S/C21H12Cl6O5/c22-16-17(23)20(25)15(18(30)31)14(19(16,24)21(20,26)27)13-9-3-1-7(28)5-11(9)32-12-6-8(29)2-4-10(12)13/h1-6,13-15,28-29H,(H,30,31)/t14-,15-,19+,20+/m0/s1. The van der Waals surface area contributed by atoms with Gasteiger partial charge in [-0.25, -0.2) is 0 Å². The second-order valence-corrected chi connectivity index (χ2v) is 11.3. The van der Waals surface area contributed by atoms with Crippen molar-refractivity contribution in [1.82, 2.24) is 0 Å². The smallest absolute Gasteiger partial charge is 0.309 e. The van der Waals surface area contributed by atoms with E-state index in [9.17, 15) is 20.1 Å². The number of carboxylic acids is 1. The van der Waals surface area contributed by atoms with Crippen LogP contribution in [0.2, 0.25) is 0 Å². The Labute approximate surface area is 212 Å². The summed E-state index contributed by atoms with van der Waals surface area (Å²) < 4.78 is 3.81. The van der Waals surface area contributed by atoms with Crippen molar-refractivity contribution in [3.63, 3.8) is 0 Å². The van der Waals surface area contributed by atoms with Crippen LogP contribution in [-0.4, -0.2) is 35.4 Å². The number of fused-ring (bicyclic) bond motifs is 4. The number of halogens is 6. The zero-order valence-corrected chi connectivity index (χ0v) is 20.2. The molecule has 5 nitrogen and oxygen atoms in total. The van der Waals surface area contributed by atoms with Crippen LogP contribution < -0.4 is 4.74 Å². The molecular formula is C21H12Cl6O5. The molecule has 1 saturated carbocycles. The summed E-state index contributed by atoms with van der Waals surface area (Å²) in [7, 11) is 0. The van der Waals surface area contributed by atoms with Gasteiger partial charge in [0.15, 0.2) is 4.33 Å². The quantitative estimate of drug-likeness (QED) is 0.368. The highest BCUT2D eigenvalue weighted by molar-refractivity contribution is 6.66. The Hall–Kier alpha value is -1.21. The first-order valence-electron chi connectivity index (χ1n) is 9.25. The van der Waals surface area contributed by atoms with E-state index in [0.717, 1.165) is 0 Å². The Bertz CT molecular complexity index is 1180. The fourth-order valence-electron chi connectivity index (χ4n) is 5.18. The van der Waals surface area contributed by atoms with Gasteiger partial charge >= 0.3 is 5.97 Å². The van der Waals surface area contributed by atoms with Crippen LogP contribution in [0.3, 0.4) is 0 Å². The third kappa shape index (κ3) is 2.47. The molecule has 3 N–H and O–H groups in total. The summed E-state index contributed by atoms with van der Waals surface area (Å²) in [5.74, 6) is -4.30. The molecule has 1 heterocycles. The number of allylic oxidation sites excluding steroid dienone is 2. The monoisotopic (exact) mass is 554 g/mol. The number of carbonyl (C=O) groups is 1. The molecule has 11 heteroatoms. The maximum atomic E-state index is 12.6. The molecule has 2 aromatic carbocycles. The zero-order chi connectivity index (χ0) is 23.4. The van der Waals surface area contributed by atoms with Gasteiger partial charge in [-0.2, -0.15) is 0 Å². The van der Waals surface area contributed by atoms with E-state index in [1.165, 1.54) is 24.3 Å². The van der Waals surface area contributed by atoms with Crippen LogP contribution in [0.25, 0.3) is 0 Å². The van der Waals surface area contributed by atoms with Crippen molar-refractivity contribution in [3.8, 4) is 23.0 Å². The first kappa shape index (κ1) is 22.6. The van der Waals surface area contributed by atoms with Gasteiger partial charge in [0, 0.05) is 35.1 Å². The fraction of sp³-hybridized carbons (Fsp3) is 0.286. The number of ether oxygens (including phenoxy) is 1. The van der Waals surface area contributed by atoms with Crippen LogP contribution in [-0.2, 0) is 4.79 Å². The van der Waals surface area contributed by atoms with E-state index in [2.05, 4.69) is 0 Å². The number of aromatic hydroxyl groups is 2. The van der Waals surface area contributed by atoms with Crippen molar-refractivity contribution in [2.24, 2.45) is 11.8 Å². The third-order valence-electron chi connectivity index (χ3n) is 6.50. The number of phenols is 2. The minimum absolute atomic E-state index is 0.0757. The molecule has 2 aromatic rings. The lowest BCUT2D eigenvalue weighted by atomic mass is 9.68. The molecule has 0 unspecified atom stereocenters. The van der Waals surface area contributed by atoms with Crippen LogP contribution >= 0.6 is 69.6 Å². The molecule has 1 fully saturated rings. The summed E-state index contributed by atoms with van der Waals surface area (Å²) in [5.41, 5.74) is 1.02. The summed E-state index contributed by atoms with van der Waals surface area (Å²) in [6.45, 7) is 0. The van der Waals surface area contributed by atoms with Gasteiger partial charge in [0.05, 0.1) is 16.0 Å². The minimum Gasteiger partial charge on any atom is -0.508 e. The molecule has 168 valence electrons. The van der Waals surface area contributed by atoms with Crippen molar-refractivity contribution < 1.29 is 24.9 Å². The van der Waals surface area contributed by atoms with Crippen LogP contribution in [0.1, 0.15) is 17.0 Å². The average molecular weight is 557 g/mol. The normalized spacial score (nSPS) is 32.4. The van der Waals surface area contributed by atoms with Gasteiger partial charge in [0.25, 0.3) is 0 Å². The lowest BCUT2D eigenvalue weighted by Crippen LogP contribution is -2.45. The van der Waals surface area contributed by atoms with Gasteiger partial charge in [-0.05, 0) is 12.1 Å². The Balaban J connectivity index is 1.85. The SMILES string of the molecule is O=C(O)[C@@H]1[C@H](C2c3ccc(O)cc3Oc3cc(O)ccc32)[C@@]2(Cl)C(Cl)=C(Cl)[C@@]1(Cl)C2(Cl)Cl. The van der Waals surface area contributed by atoms with E-state index in [1.807, 2.05) is 0 Å². The number of hydrogen-bond donors (Lipinski definition) is 3. The fourth-order valence-corrected chi connectivity index (χ4v) is 8.18. The topological polar surface area (TPSA) is 87.0 Å².